The second-order valence-electron chi connectivity index (χ2n) is 5.59. The second-order valence-corrected chi connectivity index (χ2v) is 7.34. The Hall–Kier alpha value is -1.51. The van der Waals surface area contributed by atoms with E-state index in [0.29, 0.717) is 23.0 Å². The fourth-order valence-electron chi connectivity index (χ4n) is 2.77. The molecule has 1 saturated carbocycles. The number of sulfonamides is 1. The SMILES string of the molecule is NC1CCCC(NS(=O)(=O)Cc2ccc3nonc3c2)C1. The lowest BCUT2D eigenvalue weighted by Crippen LogP contribution is -2.42. The van der Waals surface area contributed by atoms with Crippen LogP contribution >= 0.6 is 0 Å². The molecule has 2 atom stereocenters. The standard InChI is InChI=1S/C13H18N4O3S/c14-10-2-1-3-11(7-10)17-21(18,19)8-9-4-5-12-13(6-9)16-20-15-12/h4-6,10-11,17H,1-3,7-8,14H2. The van der Waals surface area contributed by atoms with Gasteiger partial charge < -0.3 is 5.73 Å². The first-order valence-corrected chi connectivity index (χ1v) is 8.64. The van der Waals surface area contributed by atoms with E-state index in [9.17, 15) is 8.42 Å². The molecule has 1 fully saturated rings. The van der Waals surface area contributed by atoms with Crippen molar-refractivity contribution in [1.29, 1.82) is 0 Å². The van der Waals surface area contributed by atoms with E-state index in [4.69, 9.17) is 5.73 Å². The van der Waals surface area contributed by atoms with Gasteiger partial charge in [0.1, 0.15) is 11.0 Å². The molecule has 0 amide bonds. The lowest BCUT2D eigenvalue weighted by molar-refractivity contribution is 0.315. The van der Waals surface area contributed by atoms with Crippen LogP contribution in [0.25, 0.3) is 11.0 Å². The van der Waals surface area contributed by atoms with Crippen molar-refractivity contribution in [3.63, 3.8) is 0 Å². The third kappa shape index (κ3) is 3.58. The highest BCUT2D eigenvalue weighted by molar-refractivity contribution is 7.88. The minimum absolute atomic E-state index is 0.0591. The molecule has 3 rings (SSSR count). The van der Waals surface area contributed by atoms with Crippen LogP contribution in [0.15, 0.2) is 22.8 Å². The van der Waals surface area contributed by atoms with Gasteiger partial charge in [0.25, 0.3) is 0 Å². The summed E-state index contributed by atoms with van der Waals surface area (Å²) in [6.45, 7) is 0. The van der Waals surface area contributed by atoms with Gasteiger partial charge in [-0.05, 0) is 47.3 Å². The highest BCUT2D eigenvalue weighted by Crippen LogP contribution is 2.19. The Morgan fingerprint density at radius 1 is 1.29 bits per heavy atom. The Morgan fingerprint density at radius 2 is 2.10 bits per heavy atom. The highest BCUT2D eigenvalue weighted by Gasteiger charge is 2.24. The van der Waals surface area contributed by atoms with Crippen LogP contribution in [0.1, 0.15) is 31.2 Å². The van der Waals surface area contributed by atoms with Crippen LogP contribution in [0.4, 0.5) is 0 Å². The fourth-order valence-corrected chi connectivity index (χ4v) is 4.19. The average Bonchev–Trinajstić information content (AvgIpc) is 2.84. The zero-order valence-electron chi connectivity index (χ0n) is 11.5. The number of fused-ring (bicyclic) bond motifs is 1. The Bertz CT molecular complexity index is 728. The van der Waals surface area contributed by atoms with Gasteiger partial charge >= 0.3 is 0 Å². The first-order valence-electron chi connectivity index (χ1n) is 6.99. The molecule has 3 N–H and O–H groups in total. The van der Waals surface area contributed by atoms with Gasteiger partial charge in [0.15, 0.2) is 0 Å². The Kier molecular flexibility index (Phi) is 3.92. The molecule has 21 heavy (non-hydrogen) atoms. The van der Waals surface area contributed by atoms with Crippen molar-refractivity contribution in [3.8, 4) is 0 Å². The largest absolute Gasteiger partial charge is 0.328 e. The molecule has 0 aliphatic heterocycles. The Morgan fingerprint density at radius 3 is 2.90 bits per heavy atom. The number of benzene rings is 1. The van der Waals surface area contributed by atoms with Gasteiger partial charge in [0, 0.05) is 12.1 Å². The van der Waals surface area contributed by atoms with E-state index in [-0.39, 0.29) is 17.8 Å². The van der Waals surface area contributed by atoms with Crippen LogP contribution in [0.2, 0.25) is 0 Å². The predicted octanol–water partition coefficient (Wildman–Crippen LogP) is 0.912. The molecule has 114 valence electrons. The summed E-state index contributed by atoms with van der Waals surface area (Å²) in [5.41, 5.74) is 7.72. The van der Waals surface area contributed by atoms with Crippen molar-refractivity contribution >= 4 is 21.1 Å². The molecule has 1 aromatic heterocycles. The van der Waals surface area contributed by atoms with Gasteiger partial charge in [-0.2, -0.15) is 0 Å². The van der Waals surface area contributed by atoms with Crippen molar-refractivity contribution in [3.05, 3.63) is 23.8 Å². The molecule has 1 aliphatic carbocycles. The van der Waals surface area contributed by atoms with E-state index in [1.807, 2.05) is 0 Å². The van der Waals surface area contributed by atoms with Crippen molar-refractivity contribution in [2.75, 3.05) is 0 Å². The number of hydrogen-bond donors (Lipinski definition) is 2. The average molecular weight is 310 g/mol. The monoisotopic (exact) mass is 310 g/mol. The maximum atomic E-state index is 12.2. The molecule has 2 unspecified atom stereocenters. The maximum Gasteiger partial charge on any atom is 0.216 e. The number of hydrogen-bond acceptors (Lipinski definition) is 6. The number of nitrogens with zero attached hydrogens (tertiary/aromatic N) is 2. The predicted molar refractivity (Wildman–Crippen MR) is 77.8 cm³/mol. The van der Waals surface area contributed by atoms with E-state index in [1.165, 1.54) is 0 Å². The lowest BCUT2D eigenvalue weighted by atomic mass is 9.92. The lowest BCUT2D eigenvalue weighted by Gasteiger charge is -2.27. The maximum absolute atomic E-state index is 12.2. The van der Waals surface area contributed by atoms with Crippen LogP contribution in [-0.4, -0.2) is 30.8 Å². The van der Waals surface area contributed by atoms with Crippen LogP contribution in [0, 0.1) is 0 Å². The summed E-state index contributed by atoms with van der Waals surface area (Å²) in [4.78, 5) is 0. The summed E-state index contributed by atoms with van der Waals surface area (Å²) in [5.74, 6) is -0.0818. The van der Waals surface area contributed by atoms with Gasteiger partial charge in [-0.25, -0.2) is 17.8 Å². The molecule has 2 aromatic rings. The Balaban J connectivity index is 1.69. The van der Waals surface area contributed by atoms with E-state index < -0.39 is 10.0 Å². The molecule has 1 heterocycles. The van der Waals surface area contributed by atoms with Crippen LogP contribution < -0.4 is 10.5 Å². The number of aromatic nitrogens is 2. The summed E-state index contributed by atoms with van der Waals surface area (Å²) >= 11 is 0. The highest BCUT2D eigenvalue weighted by atomic mass is 32.2. The summed E-state index contributed by atoms with van der Waals surface area (Å²) in [5, 5.41) is 7.41. The van der Waals surface area contributed by atoms with Crippen molar-refractivity contribution < 1.29 is 13.0 Å². The zero-order chi connectivity index (χ0) is 14.9. The first kappa shape index (κ1) is 14.4. The second kappa shape index (κ2) is 5.70. The smallest absolute Gasteiger partial charge is 0.216 e. The molecular formula is C13H18N4O3S. The number of nitrogens with one attached hydrogen (secondary N) is 1. The summed E-state index contributed by atoms with van der Waals surface area (Å²) < 4.78 is 31.8. The third-order valence-corrected chi connectivity index (χ3v) is 5.14. The van der Waals surface area contributed by atoms with Crippen LogP contribution in [0.5, 0.6) is 0 Å². The van der Waals surface area contributed by atoms with Crippen molar-refractivity contribution in [2.45, 2.75) is 43.5 Å². The van der Waals surface area contributed by atoms with Gasteiger partial charge in [-0.15, -0.1) is 0 Å². The molecule has 0 spiro atoms. The van der Waals surface area contributed by atoms with E-state index >= 15 is 0 Å². The molecule has 1 aromatic carbocycles. The summed E-state index contributed by atoms with van der Waals surface area (Å²) in [6, 6.07) is 5.13. The summed E-state index contributed by atoms with van der Waals surface area (Å²) in [7, 11) is -3.39. The molecule has 0 radical (unpaired) electrons. The third-order valence-electron chi connectivity index (χ3n) is 3.74. The van der Waals surface area contributed by atoms with E-state index in [2.05, 4.69) is 19.7 Å². The normalized spacial score (nSPS) is 23.5. The molecule has 7 nitrogen and oxygen atoms in total. The van der Waals surface area contributed by atoms with E-state index in [1.54, 1.807) is 18.2 Å². The minimum Gasteiger partial charge on any atom is -0.328 e. The van der Waals surface area contributed by atoms with Gasteiger partial charge in [-0.1, -0.05) is 12.5 Å². The fraction of sp³-hybridized carbons (Fsp3) is 0.538. The zero-order valence-corrected chi connectivity index (χ0v) is 12.3. The van der Waals surface area contributed by atoms with Gasteiger partial charge in [-0.3, -0.25) is 0 Å². The number of nitrogens with two attached hydrogens (primary N) is 1. The first-order chi connectivity index (χ1) is 10.0. The Labute approximate surface area is 122 Å². The molecular weight excluding hydrogens is 292 g/mol. The summed E-state index contributed by atoms with van der Waals surface area (Å²) in [6.07, 6.45) is 3.48. The topological polar surface area (TPSA) is 111 Å². The molecule has 8 heteroatoms. The van der Waals surface area contributed by atoms with Crippen molar-refractivity contribution in [2.24, 2.45) is 5.73 Å². The minimum atomic E-state index is -3.39. The van der Waals surface area contributed by atoms with Gasteiger partial charge in [0.05, 0.1) is 5.75 Å². The molecule has 1 aliphatic rings. The molecule has 0 bridgehead atoms. The van der Waals surface area contributed by atoms with E-state index in [0.717, 1.165) is 19.3 Å². The van der Waals surface area contributed by atoms with Gasteiger partial charge in [0.2, 0.25) is 10.0 Å². The van der Waals surface area contributed by atoms with Crippen LogP contribution in [-0.2, 0) is 15.8 Å². The quantitative estimate of drug-likeness (QED) is 0.868. The number of rotatable bonds is 4. The van der Waals surface area contributed by atoms with Crippen LogP contribution in [0.3, 0.4) is 0 Å². The molecule has 0 saturated heterocycles. The van der Waals surface area contributed by atoms with Crippen molar-refractivity contribution in [1.82, 2.24) is 15.0 Å².